The quantitative estimate of drug-likeness (QED) is 0.854. The number of halogens is 1. The standard InChI is InChI=1S/C11H16ClN3OS/c1-7(6-17-3)15(2)11(16)8-4-10(12)14-5-9(8)13/h4-5,7H,6,13H2,1-3H3. The lowest BCUT2D eigenvalue weighted by molar-refractivity contribution is 0.0758. The number of nitrogen functional groups attached to an aromatic ring is 1. The summed E-state index contributed by atoms with van der Waals surface area (Å²) in [4.78, 5) is 17.7. The van der Waals surface area contributed by atoms with Gasteiger partial charge in [-0.25, -0.2) is 4.98 Å². The van der Waals surface area contributed by atoms with Crippen LogP contribution >= 0.6 is 23.4 Å². The Labute approximate surface area is 111 Å². The Balaban J connectivity index is 2.92. The smallest absolute Gasteiger partial charge is 0.256 e. The Bertz CT molecular complexity index is 414. The van der Waals surface area contributed by atoms with Crippen molar-refractivity contribution in [3.63, 3.8) is 0 Å². The summed E-state index contributed by atoms with van der Waals surface area (Å²) in [6.45, 7) is 1.99. The maximum Gasteiger partial charge on any atom is 0.256 e. The lowest BCUT2D eigenvalue weighted by Crippen LogP contribution is -2.37. The molecule has 0 saturated heterocycles. The van der Waals surface area contributed by atoms with E-state index in [0.717, 1.165) is 5.75 Å². The second kappa shape index (κ2) is 6.12. The van der Waals surface area contributed by atoms with Crippen molar-refractivity contribution in [3.05, 3.63) is 23.0 Å². The van der Waals surface area contributed by atoms with E-state index in [1.165, 1.54) is 12.3 Å². The fourth-order valence-electron chi connectivity index (χ4n) is 1.37. The van der Waals surface area contributed by atoms with Gasteiger partial charge >= 0.3 is 0 Å². The minimum atomic E-state index is -0.131. The Morgan fingerprint density at radius 2 is 2.35 bits per heavy atom. The molecule has 0 fully saturated rings. The third kappa shape index (κ3) is 3.51. The van der Waals surface area contributed by atoms with Crippen LogP contribution in [0.2, 0.25) is 5.15 Å². The summed E-state index contributed by atoms with van der Waals surface area (Å²) >= 11 is 7.46. The molecule has 1 aromatic heterocycles. The largest absolute Gasteiger partial charge is 0.397 e. The molecule has 1 aromatic rings. The highest BCUT2D eigenvalue weighted by Crippen LogP contribution is 2.18. The van der Waals surface area contributed by atoms with Crippen LogP contribution in [0.1, 0.15) is 17.3 Å². The molecule has 0 aliphatic heterocycles. The van der Waals surface area contributed by atoms with Crippen LogP contribution in [0, 0.1) is 0 Å². The Kier molecular flexibility index (Phi) is 5.08. The Morgan fingerprint density at radius 1 is 1.71 bits per heavy atom. The molecule has 0 saturated carbocycles. The monoisotopic (exact) mass is 273 g/mol. The second-order valence-corrected chi connectivity index (χ2v) is 5.11. The van der Waals surface area contributed by atoms with Crippen LogP contribution in [-0.2, 0) is 0 Å². The fourth-order valence-corrected chi connectivity index (χ4v) is 2.23. The average Bonchev–Trinajstić information content (AvgIpc) is 2.30. The van der Waals surface area contributed by atoms with Crippen molar-refractivity contribution >= 4 is 35.0 Å². The number of hydrogen-bond donors (Lipinski definition) is 1. The summed E-state index contributed by atoms with van der Waals surface area (Å²) in [7, 11) is 1.76. The highest BCUT2D eigenvalue weighted by Gasteiger charge is 2.19. The number of amides is 1. The number of thioether (sulfide) groups is 1. The van der Waals surface area contributed by atoms with Gasteiger partial charge in [-0.15, -0.1) is 0 Å². The van der Waals surface area contributed by atoms with Crippen molar-refractivity contribution in [2.75, 3.05) is 24.8 Å². The molecule has 1 heterocycles. The summed E-state index contributed by atoms with van der Waals surface area (Å²) < 4.78 is 0. The van der Waals surface area contributed by atoms with E-state index in [-0.39, 0.29) is 17.1 Å². The van der Waals surface area contributed by atoms with Gasteiger partial charge in [-0.05, 0) is 19.2 Å². The first kappa shape index (κ1) is 14.1. The minimum Gasteiger partial charge on any atom is -0.397 e. The number of carbonyl (C=O) groups is 1. The molecule has 4 nitrogen and oxygen atoms in total. The molecule has 17 heavy (non-hydrogen) atoms. The van der Waals surface area contributed by atoms with Crippen LogP contribution < -0.4 is 5.73 Å². The van der Waals surface area contributed by atoms with E-state index < -0.39 is 0 Å². The summed E-state index contributed by atoms with van der Waals surface area (Å²) in [5.41, 5.74) is 6.48. The molecule has 0 aromatic carbocycles. The minimum absolute atomic E-state index is 0.131. The Hall–Kier alpha value is -0.940. The number of anilines is 1. The van der Waals surface area contributed by atoms with E-state index in [9.17, 15) is 4.79 Å². The van der Waals surface area contributed by atoms with E-state index in [1.807, 2.05) is 13.2 Å². The van der Waals surface area contributed by atoms with Gasteiger partial charge in [0.15, 0.2) is 0 Å². The third-order valence-electron chi connectivity index (χ3n) is 2.52. The normalized spacial score (nSPS) is 12.2. The SMILES string of the molecule is CSCC(C)N(C)C(=O)c1cc(Cl)ncc1N. The van der Waals surface area contributed by atoms with Gasteiger partial charge in [0, 0.05) is 18.8 Å². The number of hydrogen-bond acceptors (Lipinski definition) is 4. The number of nitrogens with zero attached hydrogens (tertiary/aromatic N) is 2. The van der Waals surface area contributed by atoms with Crippen molar-refractivity contribution in [2.24, 2.45) is 0 Å². The van der Waals surface area contributed by atoms with Gasteiger partial charge in [-0.3, -0.25) is 4.79 Å². The molecule has 6 heteroatoms. The molecule has 1 unspecified atom stereocenters. The van der Waals surface area contributed by atoms with Crippen LogP contribution in [0.5, 0.6) is 0 Å². The maximum absolute atomic E-state index is 12.2. The lowest BCUT2D eigenvalue weighted by atomic mass is 10.2. The first-order valence-electron chi connectivity index (χ1n) is 5.14. The molecule has 0 aliphatic rings. The molecule has 94 valence electrons. The molecule has 0 bridgehead atoms. The molecule has 0 spiro atoms. The van der Waals surface area contributed by atoms with Crippen molar-refractivity contribution in [1.29, 1.82) is 0 Å². The van der Waals surface area contributed by atoms with Crippen molar-refractivity contribution in [1.82, 2.24) is 9.88 Å². The van der Waals surface area contributed by atoms with E-state index in [0.29, 0.717) is 11.3 Å². The highest BCUT2D eigenvalue weighted by molar-refractivity contribution is 7.98. The van der Waals surface area contributed by atoms with E-state index >= 15 is 0 Å². The molecular formula is C11H16ClN3OS. The number of nitrogens with two attached hydrogens (primary N) is 1. The zero-order chi connectivity index (χ0) is 13.0. The first-order valence-corrected chi connectivity index (χ1v) is 6.91. The second-order valence-electron chi connectivity index (χ2n) is 3.81. The molecule has 2 N–H and O–H groups in total. The summed E-state index contributed by atoms with van der Waals surface area (Å²) in [6, 6.07) is 1.64. The molecule has 1 amide bonds. The predicted octanol–water partition coefficient (Wildman–Crippen LogP) is 2.14. The number of pyridine rings is 1. The van der Waals surface area contributed by atoms with Gasteiger partial charge in [0.05, 0.1) is 17.4 Å². The van der Waals surface area contributed by atoms with Gasteiger partial charge in [-0.1, -0.05) is 11.6 Å². The first-order chi connectivity index (χ1) is 7.97. The molecule has 0 aliphatic carbocycles. The Morgan fingerprint density at radius 3 is 2.94 bits per heavy atom. The summed E-state index contributed by atoms with van der Waals surface area (Å²) in [5.74, 6) is 0.745. The van der Waals surface area contributed by atoms with E-state index in [1.54, 1.807) is 23.7 Å². The summed E-state index contributed by atoms with van der Waals surface area (Å²) in [6.07, 6.45) is 3.41. The molecule has 0 radical (unpaired) electrons. The topological polar surface area (TPSA) is 59.2 Å². The fraction of sp³-hybridized carbons (Fsp3) is 0.455. The van der Waals surface area contributed by atoms with Gasteiger partial charge in [0.25, 0.3) is 5.91 Å². The zero-order valence-corrected chi connectivity index (χ0v) is 11.7. The van der Waals surface area contributed by atoms with E-state index in [2.05, 4.69) is 4.98 Å². The highest BCUT2D eigenvalue weighted by atomic mass is 35.5. The lowest BCUT2D eigenvalue weighted by Gasteiger charge is -2.24. The van der Waals surface area contributed by atoms with Gasteiger partial charge in [0.2, 0.25) is 0 Å². The van der Waals surface area contributed by atoms with Crippen molar-refractivity contribution in [2.45, 2.75) is 13.0 Å². The zero-order valence-electron chi connectivity index (χ0n) is 10.1. The predicted molar refractivity (Wildman–Crippen MR) is 73.6 cm³/mol. The molecular weight excluding hydrogens is 258 g/mol. The van der Waals surface area contributed by atoms with E-state index in [4.69, 9.17) is 17.3 Å². The van der Waals surface area contributed by atoms with Crippen LogP contribution in [0.15, 0.2) is 12.3 Å². The van der Waals surface area contributed by atoms with Crippen molar-refractivity contribution < 1.29 is 4.79 Å². The van der Waals surface area contributed by atoms with Gasteiger partial charge in [0.1, 0.15) is 5.15 Å². The number of rotatable bonds is 4. The third-order valence-corrected chi connectivity index (χ3v) is 3.54. The number of carbonyl (C=O) groups excluding carboxylic acids is 1. The van der Waals surface area contributed by atoms with Crippen LogP contribution in [0.3, 0.4) is 0 Å². The van der Waals surface area contributed by atoms with Gasteiger partial charge in [-0.2, -0.15) is 11.8 Å². The maximum atomic E-state index is 12.2. The van der Waals surface area contributed by atoms with Crippen molar-refractivity contribution in [3.8, 4) is 0 Å². The summed E-state index contributed by atoms with van der Waals surface area (Å²) in [5, 5.41) is 0.272. The number of aromatic nitrogens is 1. The van der Waals surface area contributed by atoms with Crippen LogP contribution in [-0.4, -0.2) is 40.9 Å². The van der Waals surface area contributed by atoms with Crippen LogP contribution in [0.25, 0.3) is 0 Å². The molecule has 1 rings (SSSR count). The van der Waals surface area contributed by atoms with Gasteiger partial charge < -0.3 is 10.6 Å². The van der Waals surface area contributed by atoms with Crippen LogP contribution in [0.4, 0.5) is 5.69 Å². The molecule has 1 atom stereocenters. The average molecular weight is 274 g/mol.